The third kappa shape index (κ3) is 2.05. The third-order valence-corrected chi connectivity index (χ3v) is 7.50. The number of hydrogen-bond donors (Lipinski definition) is 2. The van der Waals surface area contributed by atoms with Crippen LogP contribution in [-0.4, -0.2) is 21.8 Å². The Kier molecular flexibility index (Phi) is 3.53. The Morgan fingerprint density at radius 3 is 2.43 bits per heavy atom. The van der Waals surface area contributed by atoms with Crippen LogP contribution in [0.15, 0.2) is 24.3 Å². The monoisotopic (exact) mass is 318 g/mol. The van der Waals surface area contributed by atoms with Gasteiger partial charge in [-0.3, -0.25) is 4.79 Å². The molecule has 2 saturated carbocycles. The summed E-state index contributed by atoms with van der Waals surface area (Å²) < 4.78 is 0. The van der Waals surface area contributed by atoms with E-state index in [1.165, 1.54) is 0 Å². The van der Waals surface area contributed by atoms with Gasteiger partial charge >= 0.3 is 0 Å². The average Bonchev–Trinajstić information content (AvgIpc) is 2.48. The second kappa shape index (κ2) is 4.80. The zero-order valence-electron chi connectivity index (χ0n) is 14.9. The Labute approximate surface area is 139 Å². The second-order valence-corrected chi connectivity index (χ2v) is 9.08. The van der Waals surface area contributed by atoms with E-state index in [0.717, 1.165) is 31.3 Å². The predicted octanol–water partition coefficient (Wildman–Crippen LogP) is 3.61. The molecule has 23 heavy (non-hydrogen) atoms. The first-order valence-electron chi connectivity index (χ1n) is 8.83. The highest BCUT2D eigenvalue weighted by Crippen LogP contribution is 2.65. The lowest BCUT2D eigenvalue weighted by molar-refractivity contribution is -0.308. The highest BCUT2D eigenvalue weighted by Gasteiger charge is 2.65. The quantitative estimate of drug-likeness (QED) is 0.573. The molecule has 0 amide bonds. The van der Waals surface area contributed by atoms with Crippen LogP contribution in [-0.2, 0) is 4.79 Å². The number of rotatable bonds is 1. The average molecular weight is 318 g/mol. The van der Waals surface area contributed by atoms with E-state index in [1.807, 2.05) is 13.8 Å². The molecule has 0 aliphatic heterocycles. The van der Waals surface area contributed by atoms with Gasteiger partial charge in [0.2, 0.25) is 0 Å². The normalized spacial score (nSPS) is 44.8. The molecular formula is C20H30O3. The fourth-order valence-corrected chi connectivity index (χ4v) is 5.62. The molecule has 0 bridgehead atoms. The van der Waals surface area contributed by atoms with Gasteiger partial charge in [-0.15, -0.1) is 6.58 Å². The lowest BCUT2D eigenvalue weighted by atomic mass is 9.43. The summed E-state index contributed by atoms with van der Waals surface area (Å²) in [5, 5.41) is 21.7. The van der Waals surface area contributed by atoms with Gasteiger partial charge in [-0.05, 0) is 55.4 Å². The van der Waals surface area contributed by atoms with Crippen LogP contribution in [0.1, 0.15) is 59.8 Å². The molecule has 3 rings (SSSR count). The van der Waals surface area contributed by atoms with E-state index in [0.29, 0.717) is 6.42 Å². The summed E-state index contributed by atoms with van der Waals surface area (Å²) >= 11 is 0. The Bertz CT molecular complexity index is 586. The van der Waals surface area contributed by atoms with E-state index in [-0.39, 0.29) is 23.0 Å². The molecule has 128 valence electrons. The van der Waals surface area contributed by atoms with Crippen molar-refractivity contribution in [3.05, 3.63) is 24.3 Å². The van der Waals surface area contributed by atoms with Gasteiger partial charge in [-0.25, -0.2) is 0 Å². The number of allylic oxidation sites excluding steroid dienone is 3. The Morgan fingerprint density at radius 2 is 1.83 bits per heavy atom. The van der Waals surface area contributed by atoms with Crippen molar-refractivity contribution in [2.24, 2.45) is 28.1 Å². The van der Waals surface area contributed by atoms with Crippen LogP contribution in [0.4, 0.5) is 0 Å². The molecule has 3 aliphatic rings. The molecule has 2 N–H and O–H groups in total. The predicted molar refractivity (Wildman–Crippen MR) is 90.5 cm³/mol. The summed E-state index contributed by atoms with van der Waals surface area (Å²) in [5.41, 5.74) is -0.323. The first-order chi connectivity index (χ1) is 10.5. The van der Waals surface area contributed by atoms with Crippen LogP contribution in [0.5, 0.6) is 0 Å². The molecule has 0 unspecified atom stereocenters. The van der Waals surface area contributed by atoms with Crippen molar-refractivity contribution in [3.63, 3.8) is 0 Å². The fraction of sp³-hybridized carbons (Fsp3) is 0.750. The lowest BCUT2D eigenvalue weighted by Crippen LogP contribution is -2.64. The molecule has 0 aromatic carbocycles. The lowest BCUT2D eigenvalue weighted by Gasteiger charge is -2.63. The molecular weight excluding hydrogens is 288 g/mol. The maximum Gasteiger partial charge on any atom is 0.168 e. The van der Waals surface area contributed by atoms with E-state index >= 15 is 0 Å². The van der Waals surface area contributed by atoms with Crippen molar-refractivity contribution in [1.29, 1.82) is 0 Å². The largest absolute Gasteiger partial charge is 0.365 e. The van der Waals surface area contributed by atoms with E-state index in [1.54, 1.807) is 6.08 Å². The molecule has 2 fully saturated rings. The minimum atomic E-state index is -1.71. The highest BCUT2D eigenvalue weighted by molar-refractivity contribution is 6.02. The zero-order chi connectivity index (χ0) is 17.3. The summed E-state index contributed by atoms with van der Waals surface area (Å²) in [7, 11) is 0. The van der Waals surface area contributed by atoms with Crippen molar-refractivity contribution in [3.8, 4) is 0 Å². The van der Waals surface area contributed by atoms with E-state index < -0.39 is 16.6 Å². The number of ketones is 1. The summed E-state index contributed by atoms with van der Waals surface area (Å²) in [4.78, 5) is 13.0. The number of fused-ring (bicyclic) bond motifs is 3. The van der Waals surface area contributed by atoms with Crippen molar-refractivity contribution >= 4 is 5.78 Å². The molecule has 0 saturated heterocycles. The molecule has 0 spiro atoms. The second-order valence-electron chi connectivity index (χ2n) is 9.08. The third-order valence-electron chi connectivity index (χ3n) is 7.50. The number of carbonyl (C=O) groups excluding carboxylic acids is 1. The summed E-state index contributed by atoms with van der Waals surface area (Å²) in [6.07, 6.45) is 7.32. The smallest absolute Gasteiger partial charge is 0.168 e. The van der Waals surface area contributed by atoms with Gasteiger partial charge in [-0.2, -0.15) is 0 Å². The first kappa shape index (κ1) is 16.9. The van der Waals surface area contributed by atoms with E-state index in [2.05, 4.69) is 26.5 Å². The van der Waals surface area contributed by atoms with Gasteiger partial charge < -0.3 is 10.2 Å². The van der Waals surface area contributed by atoms with Crippen molar-refractivity contribution in [1.82, 2.24) is 0 Å². The minimum absolute atomic E-state index is 0.0496. The van der Waals surface area contributed by atoms with Gasteiger partial charge in [0.15, 0.2) is 11.6 Å². The Hall–Kier alpha value is -0.930. The molecule has 0 radical (unpaired) electrons. The number of Topliss-reactive ketones (excluding diaryl/α,β-unsaturated/α-hetero) is 1. The minimum Gasteiger partial charge on any atom is -0.365 e. The molecule has 3 heteroatoms. The Balaban J connectivity index is 2.11. The van der Waals surface area contributed by atoms with Crippen LogP contribution in [0.3, 0.4) is 0 Å². The molecule has 0 aromatic rings. The van der Waals surface area contributed by atoms with E-state index in [4.69, 9.17) is 0 Å². The van der Waals surface area contributed by atoms with Gasteiger partial charge in [0.1, 0.15) is 0 Å². The van der Waals surface area contributed by atoms with Gasteiger partial charge in [0.25, 0.3) is 0 Å². The Morgan fingerprint density at radius 1 is 1.17 bits per heavy atom. The summed E-state index contributed by atoms with van der Waals surface area (Å²) in [6, 6.07) is 0. The van der Waals surface area contributed by atoms with Crippen LogP contribution < -0.4 is 0 Å². The number of carbonyl (C=O) groups is 1. The number of hydrogen-bond acceptors (Lipinski definition) is 3. The SMILES string of the molecule is C=C[C@@]1(C)CC[C@H]2C(=CC[C@H]3C(C)(C)CCC(O)(O)[C@]23C)C1=O. The van der Waals surface area contributed by atoms with Gasteiger partial charge in [0.05, 0.1) is 0 Å². The maximum absolute atomic E-state index is 13.0. The van der Waals surface area contributed by atoms with Gasteiger partial charge in [0, 0.05) is 17.3 Å². The van der Waals surface area contributed by atoms with Gasteiger partial charge in [-0.1, -0.05) is 32.9 Å². The zero-order valence-corrected chi connectivity index (χ0v) is 14.9. The number of aliphatic hydroxyl groups is 2. The summed E-state index contributed by atoms with van der Waals surface area (Å²) in [6.45, 7) is 12.2. The molecule has 4 atom stereocenters. The highest BCUT2D eigenvalue weighted by atomic mass is 16.5. The molecule has 3 nitrogen and oxygen atoms in total. The van der Waals surface area contributed by atoms with Crippen LogP contribution in [0.25, 0.3) is 0 Å². The van der Waals surface area contributed by atoms with Crippen molar-refractivity contribution < 1.29 is 15.0 Å². The summed E-state index contributed by atoms with van der Waals surface area (Å²) in [5.74, 6) is -1.48. The van der Waals surface area contributed by atoms with Crippen LogP contribution >= 0.6 is 0 Å². The van der Waals surface area contributed by atoms with E-state index in [9.17, 15) is 15.0 Å². The topological polar surface area (TPSA) is 57.5 Å². The fourth-order valence-electron chi connectivity index (χ4n) is 5.62. The molecule has 0 heterocycles. The molecule has 3 aliphatic carbocycles. The van der Waals surface area contributed by atoms with Crippen LogP contribution in [0.2, 0.25) is 0 Å². The maximum atomic E-state index is 13.0. The standard InChI is InChI=1S/C20H30O3/c1-6-18(4)10-9-14-13(16(18)21)7-8-15-17(2,3)11-12-20(22,23)19(14,15)5/h6-7,14-15,22-23H,1,8-12H2,2-5H3/t14-,15-,18-,19+/m0/s1. The molecule has 0 aromatic heterocycles. The van der Waals surface area contributed by atoms with Crippen LogP contribution in [0, 0.1) is 28.1 Å². The van der Waals surface area contributed by atoms with Crippen molar-refractivity contribution in [2.75, 3.05) is 0 Å². The van der Waals surface area contributed by atoms with Crippen molar-refractivity contribution in [2.45, 2.75) is 65.6 Å². The first-order valence-corrected chi connectivity index (χ1v) is 8.83.